The lowest BCUT2D eigenvalue weighted by Gasteiger charge is -2.37. The van der Waals surface area contributed by atoms with Gasteiger partial charge in [-0.25, -0.2) is 0 Å². The second-order valence-corrected chi connectivity index (χ2v) is 6.38. The summed E-state index contributed by atoms with van der Waals surface area (Å²) in [5, 5.41) is 0. The van der Waals surface area contributed by atoms with Gasteiger partial charge in [0.1, 0.15) is 0 Å². The maximum atomic E-state index is 13.0. The van der Waals surface area contributed by atoms with Crippen LogP contribution in [0.25, 0.3) is 0 Å². The first kappa shape index (κ1) is 13.6. The third-order valence-electron chi connectivity index (χ3n) is 4.72. The van der Waals surface area contributed by atoms with Crippen molar-refractivity contribution in [2.45, 2.75) is 45.2 Å². The standard InChI is InChI=1S/C16H20N2OS/c17-14(20)16(8-4-1-5-9-16)15(19)18-10-12-6-2-3-7-13(12)11-18/h2-3,6-7H,1,4-5,8-11H2,(H2,17,20). The van der Waals surface area contributed by atoms with Crippen LogP contribution in [0.2, 0.25) is 0 Å². The molecule has 1 fully saturated rings. The number of carbonyl (C=O) groups is 1. The fraction of sp³-hybridized carbons (Fsp3) is 0.500. The van der Waals surface area contributed by atoms with Gasteiger partial charge in [0.15, 0.2) is 0 Å². The summed E-state index contributed by atoms with van der Waals surface area (Å²) in [5.41, 5.74) is 7.86. The molecule has 1 aromatic carbocycles. The molecule has 0 unspecified atom stereocenters. The number of hydrogen-bond donors (Lipinski definition) is 1. The Morgan fingerprint density at radius 1 is 1.10 bits per heavy atom. The highest BCUT2D eigenvalue weighted by Gasteiger charge is 2.45. The van der Waals surface area contributed by atoms with Crippen LogP contribution in [0, 0.1) is 5.41 Å². The number of nitrogens with zero attached hydrogens (tertiary/aromatic N) is 1. The summed E-state index contributed by atoms with van der Waals surface area (Å²) in [4.78, 5) is 15.3. The molecule has 0 atom stereocenters. The van der Waals surface area contributed by atoms with Crippen molar-refractivity contribution in [2.75, 3.05) is 0 Å². The molecule has 0 spiro atoms. The first-order valence-corrected chi connectivity index (χ1v) is 7.70. The third-order valence-corrected chi connectivity index (χ3v) is 5.11. The van der Waals surface area contributed by atoms with Gasteiger partial charge in [-0.05, 0) is 24.0 Å². The van der Waals surface area contributed by atoms with E-state index in [1.807, 2.05) is 17.0 Å². The fourth-order valence-corrected chi connectivity index (χ4v) is 3.79. The lowest BCUT2D eigenvalue weighted by atomic mass is 9.73. The number of thiocarbonyl (C=S) groups is 1. The Bertz CT molecular complexity index is 524. The van der Waals surface area contributed by atoms with Gasteiger partial charge in [-0.15, -0.1) is 0 Å². The Kier molecular flexibility index (Phi) is 3.50. The van der Waals surface area contributed by atoms with Gasteiger partial charge in [0.25, 0.3) is 0 Å². The molecule has 3 nitrogen and oxygen atoms in total. The SMILES string of the molecule is NC(=S)C1(C(=O)N2Cc3ccccc3C2)CCCCC1. The predicted octanol–water partition coefficient (Wildman–Crippen LogP) is 2.77. The number of benzene rings is 1. The number of fused-ring (bicyclic) bond motifs is 1. The van der Waals surface area contributed by atoms with Gasteiger partial charge in [-0.2, -0.15) is 0 Å². The molecule has 1 heterocycles. The zero-order valence-corrected chi connectivity index (χ0v) is 12.4. The average molecular weight is 288 g/mol. The maximum Gasteiger partial charge on any atom is 0.236 e. The minimum Gasteiger partial charge on any atom is -0.392 e. The lowest BCUT2D eigenvalue weighted by Crippen LogP contribution is -2.50. The molecule has 106 valence electrons. The highest BCUT2D eigenvalue weighted by atomic mass is 32.1. The number of rotatable bonds is 2. The first-order valence-electron chi connectivity index (χ1n) is 7.29. The minimum absolute atomic E-state index is 0.140. The third kappa shape index (κ3) is 2.12. The van der Waals surface area contributed by atoms with Crippen molar-refractivity contribution in [3.63, 3.8) is 0 Å². The quantitative estimate of drug-likeness (QED) is 0.851. The lowest BCUT2D eigenvalue weighted by molar-refractivity contribution is -0.140. The van der Waals surface area contributed by atoms with Crippen LogP contribution in [-0.4, -0.2) is 15.8 Å². The molecule has 0 radical (unpaired) electrons. The van der Waals surface area contributed by atoms with Gasteiger partial charge in [0, 0.05) is 13.1 Å². The molecule has 3 rings (SSSR count). The summed E-state index contributed by atoms with van der Waals surface area (Å²) >= 11 is 5.26. The normalized spacial score (nSPS) is 20.5. The zero-order valence-electron chi connectivity index (χ0n) is 11.6. The van der Waals surface area contributed by atoms with E-state index in [4.69, 9.17) is 18.0 Å². The van der Waals surface area contributed by atoms with Crippen molar-refractivity contribution < 1.29 is 4.79 Å². The minimum atomic E-state index is -0.588. The summed E-state index contributed by atoms with van der Waals surface area (Å²) in [6, 6.07) is 8.24. The predicted molar refractivity (Wildman–Crippen MR) is 83.0 cm³/mol. The Balaban J connectivity index is 1.84. The zero-order chi connectivity index (χ0) is 14.2. The molecule has 4 heteroatoms. The van der Waals surface area contributed by atoms with Crippen LogP contribution in [-0.2, 0) is 17.9 Å². The Morgan fingerprint density at radius 3 is 2.15 bits per heavy atom. The molecule has 1 aliphatic heterocycles. The van der Waals surface area contributed by atoms with Crippen LogP contribution in [0.1, 0.15) is 43.2 Å². The second kappa shape index (κ2) is 5.17. The van der Waals surface area contributed by atoms with Crippen molar-refractivity contribution in [1.29, 1.82) is 0 Å². The second-order valence-electron chi connectivity index (χ2n) is 5.94. The van der Waals surface area contributed by atoms with Crippen LogP contribution < -0.4 is 5.73 Å². The topological polar surface area (TPSA) is 46.3 Å². The Hall–Kier alpha value is -1.42. The number of hydrogen-bond acceptors (Lipinski definition) is 2. The van der Waals surface area contributed by atoms with E-state index in [1.54, 1.807) is 0 Å². The molecular formula is C16H20N2OS. The van der Waals surface area contributed by atoms with E-state index < -0.39 is 5.41 Å². The van der Waals surface area contributed by atoms with Crippen molar-refractivity contribution >= 4 is 23.1 Å². The van der Waals surface area contributed by atoms with Crippen molar-refractivity contribution in [3.05, 3.63) is 35.4 Å². The number of carbonyl (C=O) groups excluding carboxylic acids is 1. The summed E-state index contributed by atoms with van der Waals surface area (Å²) in [6.07, 6.45) is 4.90. The fourth-order valence-electron chi connectivity index (χ4n) is 3.50. The summed E-state index contributed by atoms with van der Waals surface area (Å²) in [7, 11) is 0. The van der Waals surface area contributed by atoms with Gasteiger partial charge in [-0.1, -0.05) is 55.7 Å². The molecular weight excluding hydrogens is 268 g/mol. The molecule has 1 amide bonds. The van der Waals surface area contributed by atoms with E-state index in [9.17, 15) is 4.79 Å². The van der Waals surface area contributed by atoms with E-state index in [0.29, 0.717) is 18.1 Å². The molecule has 0 saturated heterocycles. The van der Waals surface area contributed by atoms with Gasteiger partial charge >= 0.3 is 0 Å². The van der Waals surface area contributed by atoms with Crippen LogP contribution >= 0.6 is 12.2 Å². The average Bonchev–Trinajstić information content (AvgIpc) is 2.90. The van der Waals surface area contributed by atoms with Crippen molar-refractivity contribution in [2.24, 2.45) is 11.1 Å². The summed E-state index contributed by atoms with van der Waals surface area (Å²) < 4.78 is 0. The highest BCUT2D eigenvalue weighted by Crippen LogP contribution is 2.40. The molecule has 1 aromatic rings. The van der Waals surface area contributed by atoms with Crippen LogP contribution in [0.5, 0.6) is 0 Å². The first-order chi connectivity index (χ1) is 9.63. The van der Waals surface area contributed by atoms with Gasteiger partial charge in [0.05, 0.1) is 10.4 Å². The maximum absolute atomic E-state index is 13.0. The van der Waals surface area contributed by atoms with E-state index in [0.717, 1.165) is 25.7 Å². The summed E-state index contributed by atoms with van der Waals surface area (Å²) in [5.74, 6) is 0.140. The largest absolute Gasteiger partial charge is 0.392 e. The van der Waals surface area contributed by atoms with Crippen LogP contribution in [0.4, 0.5) is 0 Å². The highest BCUT2D eigenvalue weighted by molar-refractivity contribution is 7.80. The van der Waals surface area contributed by atoms with E-state index in [1.165, 1.54) is 17.5 Å². The van der Waals surface area contributed by atoms with Gasteiger partial charge in [-0.3, -0.25) is 4.79 Å². The monoisotopic (exact) mass is 288 g/mol. The van der Waals surface area contributed by atoms with Gasteiger partial charge in [0.2, 0.25) is 5.91 Å². The Labute approximate surface area is 125 Å². The molecule has 20 heavy (non-hydrogen) atoms. The van der Waals surface area contributed by atoms with E-state index in [-0.39, 0.29) is 5.91 Å². The van der Waals surface area contributed by atoms with Crippen LogP contribution in [0.15, 0.2) is 24.3 Å². The van der Waals surface area contributed by atoms with E-state index >= 15 is 0 Å². The molecule has 0 bridgehead atoms. The smallest absolute Gasteiger partial charge is 0.236 e. The molecule has 2 aliphatic rings. The summed E-state index contributed by atoms with van der Waals surface area (Å²) in [6.45, 7) is 1.39. The number of amides is 1. The van der Waals surface area contributed by atoms with Crippen molar-refractivity contribution in [1.82, 2.24) is 4.90 Å². The Morgan fingerprint density at radius 2 is 1.65 bits per heavy atom. The molecule has 1 aliphatic carbocycles. The molecule has 2 N–H and O–H groups in total. The van der Waals surface area contributed by atoms with Gasteiger partial charge < -0.3 is 10.6 Å². The van der Waals surface area contributed by atoms with Crippen molar-refractivity contribution in [3.8, 4) is 0 Å². The molecule has 1 saturated carbocycles. The van der Waals surface area contributed by atoms with E-state index in [2.05, 4.69) is 12.1 Å². The molecule has 0 aromatic heterocycles. The van der Waals surface area contributed by atoms with Crippen LogP contribution in [0.3, 0.4) is 0 Å². The number of nitrogens with two attached hydrogens (primary N) is 1.